The predicted octanol–water partition coefficient (Wildman–Crippen LogP) is 2.90. The van der Waals surface area contributed by atoms with E-state index in [0.717, 1.165) is 31.9 Å². The van der Waals surface area contributed by atoms with E-state index in [9.17, 15) is 4.39 Å². The predicted molar refractivity (Wildman–Crippen MR) is 72.0 cm³/mol. The fourth-order valence-corrected chi connectivity index (χ4v) is 1.92. The molecule has 2 nitrogen and oxygen atoms in total. The second-order valence-corrected chi connectivity index (χ2v) is 4.43. The molecular formula is C14H23FN2. The van der Waals surface area contributed by atoms with Crippen LogP contribution in [0, 0.1) is 11.7 Å². The van der Waals surface area contributed by atoms with Crippen molar-refractivity contribution in [3.63, 3.8) is 0 Å². The molecule has 1 aromatic rings. The lowest BCUT2D eigenvalue weighted by atomic mass is 10.1. The average Bonchev–Trinajstić information content (AvgIpc) is 2.33. The number of rotatable bonds is 7. The van der Waals surface area contributed by atoms with Crippen LogP contribution in [0.3, 0.4) is 0 Å². The maximum atomic E-state index is 13.2. The normalized spacial score (nSPS) is 12.5. The molecule has 0 saturated heterocycles. The molecule has 96 valence electrons. The first kappa shape index (κ1) is 14.0. The van der Waals surface area contributed by atoms with Gasteiger partial charge in [0.2, 0.25) is 0 Å². The van der Waals surface area contributed by atoms with Gasteiger partial charge < -0.3 is 10.2 Å². The van der Waals surface area contributed by atoms with Gasteiger partial charge in [-0.15, -0.1) is 0 Å². The van der Waals surface area contributed by atoms with Crippen LogP contribution < -0.4 is 10.2 Å². The standard InChI is InChI=1S/C14H23FN2/c1-4-16-10-12(3)11-17(5-2)14-8-6-7-13(15)9-14/h6-9,12,16H,4-5,10-11H2,1-3H3. The summed E-state index contributed by atoms with van der Waals surface area (Å²) in [7, 11) is 0. The molecule has 0 aliphatic carbocycles. The molecule has 0 radical (unpaired) electrons. The minimum absolute atomic E-state index is 0.166. The molecule has 0 fully saturated rings. The summed E-state index contributed by atoms with van der Waals surface area (Å²) in [6.45, 7) is 10.3. The van der Waals surface area contributed by atoms with Crippen molar-refractivity contribution in [1.82, 2.24) is 5.32 Å². The molecule has 0 amide bonds. The first-order valence-electron chi connectivity index (χ1n) is 6.38. The van der Waals surface area contributed by atoms with E-state index >= 15 is 0 Å². The molecule has 17 heavy (non-hydrogen) atoms. The van der Waals surface area contributed by atoms with Gasteiger partial charge in [-0.05, 0) is 44.1 Å². The third-order valence-electron chi connectivity index (χ3n) is 2.83. The number of halogens is 1. The fourth-order valence-electron chi connectivity index (χ4n) is 1.92. The van der Waals surface area contributed by atoms with Crippen LogP contribution in [0.25, 0.3) is 0 Å². The smallest absolute Gasteiger partial charge is 0.125 e. The second kappa shape index (κ2) is 7.28. The lowest BCUT2D eigenvalue weighted by Gasteiger charge is -2.26. The minimum atomic E-state index is -0.166. The summed E-state index contributed by atoms with van der Waals surface area (Å²) < 4.78 is 13.2. The van der Waals surface area contributed by atoms with Crippen molar-refractivity contribution >= 4 is 5.69 Å². The zero-order valence-corrected chi connectivity index (χ0v) is 11.0. The van der Waals surface area contributed by atoms with E-state index in [0.29, 0.717) is 5.92 Å². The van der Waals surface area contributed by atoms with Gasteiger partial charge in [0.05, 0.1) is 0 Å². The van der Waals surface area contributed by atoms with Gasteiger partial charge in [0.25, 0.3) is 0 Å². The molecular weight excluding hydrogens is 215 g/mol. The molecule has 1 aromatic carbocycles. The second-order valence-electron chi connectivity index (χ2n) is 4.43. The summed E-state index contributed by atoms with van der Waals surface area (Å²) in [4.78, 5) is 2.21. The summed E-state index contributed by atoms with van der Waals surface area (Å²) in [5.74, 6) is 0.387. The molecule has 1 unspecified atom stereocenters. The third kappa shape index (κ3) is 4.73. The van der Waals surface area contributed by atoms with E-state index in [1.54, 1.807) is 12.1 Å². The maximum absolute atomic E-state index is 13.2. The summed E-state index contributed by atoms with van der Waals surface area (Å²) in [5.41, 5.74) is 0.968. The van der Waals surface area contributed by atoms with Gasteiger partial charge in [-0.2, -0.15) is 0 Å². The molecule has 0 saturated carbocycles. The highest BCUT2D eigenvalue weighted by molar-refractivity contribution is 5.46. The molecule has 0 aliphatic heterocycles. The Balaban J connectivity index is 2.59. The number of hydrogen-bond donors (Lipinski definition) is 1. The van der Waals surface area contributed by atoms with Crippen LogP contribution in [0.4, 0.5) is 10.1 Å². The van der Waals surface area contributed by atoms with Crippen molar-refractivity contribution in [3.8, 4) is 0 Å². The van der Waals surface area contributed by atoms with E-state index in [1.807, 2.05) is 6.07 Å². The van der Waals surface area contributed by atoms with Crippen molar-refractivity contribution in [1.29, 1.82) is 0 Å². The van der Waals surface area contributed by atoms with Crippen molar-refractivity contribution < 1.29 is 4.39 Å². The van der Waals surface area contributed by atoms with Gasteiger partial charge in [0.1, 0.15) is 5.82 Å². The van der Waals surface area contributed by atoms with E-state index in [4.69, 9.17) is 0 Å². The Hall–Kier alpha value is -1.09. The zero-order chi connectivity index (χ0) is 12.7. The topological polar surface area (TPSA) is 15.3 Å². The molecule has 0 spiro atoms. The summed E-state index contributed by atoms with van der Waals surface area (Å²) in [6.07, 6.45) is 0. The van der Waals surface area contributed by atoms with E-state index in [1.165, 1.54) is 6.07 Å². The van der Waals surface area contributed by atoms with Crippen LogP contribution in [0.2, 0.25) is 0 Å². The Morgan fingerprint density at radius 3 is 2.71 bits per heavy atom. The van der Waals surface area contributed by atoms with Gasteiger partial charge in [0, 0.05) is 18.8 Å². The Kier molecular flexibility index (Phi) is 5.98. The molecule has 0 aromatic heterocycles. The Labute approximate surface area is 104 Å². The van der Waals surface area contributed by atoms with Crippen LogP contribution in [-0.4, -0.2) is 26.2 Å². The largest absolute Gasteiger partial charge is 0.371 e. The van der Waals surface area contributed by atoms with Gasteiger partial charge in [-0.1, -0.05) is 19.9 Å². The Morgan fingerprint density at radius 1 is 1.35 bits per heavy atom. The SMILES string of the molecule is CCNCC(C)CN(CC)c1cccc(F)c1. The summed E-state index contributed by atoms with van der Waals surface area (Å²) in [5, 5.41) is 3.34. The first-order chi connectivity index (χ1) is 8.17. The quantitative estimate of drug-likeness (QED) is 0.785. The van der Waals surface area contributed by atoms with E-state index in [-0.39, 0.29) is 5.82 Å². The first-order valence-corrected chi connectivity index (χ1v) is 6.38. The average molecular weight is 238 g/mol. The maximum Gasteiger partial charge on any atom is 0.125 e. The lowest BCUT2D eigenvalue weighted by Crippen LogP contribution is -2.33. The van der Waals surface area contributed by atoms with E-state index in [2.05, 4.69) is 31.0 Å². The van der Waals surface area contributed by atoms with Gasteiger partial charge in [-0.3, -0.25) is 0 Å². The highest BCUT2D eigenvalue weighted by atomic mass is 19.1. The van der Waals surface area contributed by atoms with Crippen molar-refractivity contribution in [2.45, 2.75) is 20.8 Å². The van der Waals surface area contributed by atoms with Gasteiger partial charge in [-0.25, -0.2) is 4.39 Å². The molecule has 1 N–H and O–H groups in total. The monoisotopic (exact) mass is 238 g/mol. The minimum Gasteiger partial charge on any atom is -0.371 e. The molecule has 1 atom stereocenters. The van der Waals surface area contributed by atoms with E-state index < -0.39 is 0 Å². The van der Waals surface area contributed by atoms with Gasteiger partial charge in [0.15, 0.2) is 0 Å². The highest BCUT2D eigenvalue weighted by Gasteiger charge is 2.09. The number of benzene rings is 1. The Morgan fingerprint density at radius 2 is 2.12 bits per heavy atom. The third-order valence-corrected chi connectivity index (χ3v) is 2.83. The van der Waals surface area contributed by atoms with Crippen LogP contribution >= 0.6 is 0 Å². The molecule has 0 aliphatic rings. The van der Waals surface area contributed by atoms with Crippen molar-refractivity contribution in [2.24, 2.45) is 5.92 Å². The molecule has 1 rings (SSSR count). The van der Waals surface area contributed by atoms with Crippen molar-refractivity contribution in [2.75, 3.05) is 31.1 Å². The van der Waals surface area contributed by atoms with Crippen LogP contribution in [-0.2, 0) is 0 Å². The van der Waals surface area contributed by atoms with Crippen molar-refractivity contribution in [3.05, 3.63) is 30.1 Å². The number of nitrogens with zero attached hydrogens (tertiary/aromatic N) is 1. The van der Waals surface area contributed by atoms with Crippen LogP contribution in [0.5, 0.6) is 0 Å². The lowest BCUT2D eigenvalue weighted by molar-refractivity contribution is 0.514. The fraction of sp³-hybridized carbons (Fsp3) is 0.571. The summed E-state index contributed by atoms with van der Waals surface area (Å²) >= 11 is 0. The number of anilines is 1. The molecule has 3 heteroatoms. The van der Waals surface area contributed by atoms with Crippen LogP contribution in [0.15, 0.2) is 24.3 Å². The number of hydrogen-bond acceptors (Lipinski definition) is 2. The van der Waals surface area contributed by atoms with Gasteiger partial charge >= 0.3 is 0 Å². The molecule has 0 heterocycles. The van der Waals surface area contributed by atoms with Crippen LogP contribution in [0.1, 0.15) is 20.8 Å². The Bertz CT molecular complexity index is 328. The molecule has 0 bridgehead atoms. The highest BCUT2D eigenvalue weighted by Crippen LogP contribution is 2.16. The zero-order valence-electron chi connectivity index (χ0n) is 11.0. The number of nitrogens with one attached hydrogen (secondary N) is 1. The summed E-state index contributed by atoms with van der Waals surface area (Å²) in [6, 6.07) is 6.82.